The zero-order valence-electron chi connectivity index (χ0n) is 19.4. The quantitative estimate of drug-likeness (QED) is 0.553. The number of fused-ring (bicyclic) bond motifs is 5. The molecule has 3 fully saturated rings. The van der Waals surface area contributed by atoms with E-state index in [1.54, 1.807) is 5.57 Å². The molecule has 0 aromatic heterocycles. The number of carbonyl (C=O) groups is 1. The van der Waals surface area contributed by atoms with Gasteiger partial charge in [-0.2, -0.15) is 0 Å². The number of hydrogen-bond donors (Lipinski definition) is 2. The molecule has 3 heteroatoms. The summed E-state index contributed by atoms with van der Waals surface area (Å²) in [5.41, 5.74) is 9.84. The smallest absolute Gasteiger partial charge is 0.303 e. The van der Waals surface area contributed by atoms with Crippen LogP contribution in [0.25, 0.3) is 0 Å². The predicted octanol–water partition coefficient (Wildman–Crippen LogP) is 6.17. The maximum absolute atomic E-state index is 11.1. The van der Waals surface area contributed by atoms with Gasteiger partial charge in [-0.1, -0.05) is 46.3 Å². The van der Waals surface area contributed by atoms with Gasteiger partial charge in [0, 0.05) is 12.0 Å². The van der Waals surface area contributed by atoms with Crippen LogP contribution in [0.4, 0.5) is 0 Å². The molecule has 0 aliphatic heterocycles. The average molecular weight is 402 g/mol. The first-order chi connectivity index (χ1) is 13.5. The van der Waals surface area contributed by atoms with Crippen LogP contribution in [0.2, 0.25) is 0 Å². The molecule has 29 heavy (non-hydrogen) atoms. The van der Waals surface area contributed by atoms with Crippen LogP contribution in [0, 0.1) is 39.9 Å². The van der Waals surface area contributed by atoms with Gasteiger partial charge in [-0.25, -0.2) is 0 Å². The number of allylic oxidation sites excluding steroid dienone is 2. The lowest BCUT2D eigenvalue weighted by molar-refractivity contribution is -0.138. The van der Waals surface area contributed by atoms with Gasteiger partial charge in [0.15, 0.2) is 0 Å². The van der Waals surface area contributed by atoms with Gasteiger partial charge < -0.3 is 10.8 Å². The minimum atomic E-state index is -0.667. The van der Waals surface area contributed by atoms with Crippen LogP contribution in [-0.2, 0) is 4.79 Å². The molecule has 4 aliphatic rings. The van der Waals surface area contributed by atoms with Crippen molar-refractivity contribution in [2.45, 2.75) is 104 Å². The van der Waals surface area contributed by atoms with Crippen molar-refractivity contribution < 1.29 is 9.90 Å². The molecule has 0 amide bonds. The third kappa shape index (κ3) is 2.82. The number of nitrogens with two attached hydrogens (primary N) is 1. The summed E-state index contributed by atoms with van der Waals surface area (Å²) >= 11 is 0. The summed E-state index contributed by atoms with van der Waals surface area (Å²) in [4.78, 5) is 11.1. The van der Waals surface area contributed by atoms with E-state index in [1.807, 2.05) is 0 Å². The summed E-state index contributed by atoms with van der Waals surface area (Å²) in [7, 11) is 0. The maximum Gasteiger partial charge on any atom is 0.303 e. The third-order valence-electron chi connectivity index (χ3n) is 11.1. The Hall–Kier alpha value is -0.830. The van der Waals surface area contributed by atoms with E-state index in [9.17, 15) is 4.79 Å². The van der Waals surface area contributed by atoms with Crippen molar-refractivity contribution in [3.63, 3.8) is 0 Å². The standard InChI is InChI=1S/C26H43NO2/c1-17-10-12-23(3)19(16-17)7-8-21-25(23,5)15-14-24(4)20(11-13-26(21,24)27)18(2)6-9-22(28)29/h7,17-18,20-21H,6,8-16,27H2,1-5H3,(H,28,29)/t17-,18+,20?,21?,23-,24+,25-,26+/m0/s1. The Balaban J connectivity index is 1.66. The first kappa shape index (κ1) is 21.4. The second-order valence-electron chi connectivity index (χ2n) is 12.1. The van der Waals surface area contributed by atoms with Crippen molar-refractivity contribution >= 4 is 5.97 Å². The first-order valence-corrected chi connectivity index (χ1v) is 12.2. The van der Waals surface area contributed by atoms with Crippen LogP contribution in [0.15, 0.2) is 11.6 Å². The van der Waals surface area contributed by atoms with Crippen molar-refractivity contribution in [2.75, 3.05) is 0 Å². The van der Waals surface area contributed by atoms with E-state index in [0.717, 1.165) is 25.2 Å². The Morgan fingerprint density at radius 1 is 1.17 bits per heavy atom. The van der Waals surface area contributed by atoms with Gasteiger partial charge in [0.1, 0.15) is 0 Å². The van der Waals surface area contributed by atoms with Crippen LogP contribution in [0.3, 0.4) is 0 Å². The second-order valence-corrected chi connectivity index (χ2v) is 12.1. The highest BCUT2D eigenvalue weighted by Gasteiger charge is 2.69. The monoisotopic (exact) mass is 401 g/mol. The summed E-state index contributed by atoms with van der Waals surface area (Å²) in [6, 6.07) is 0. The SMILES string of the molecule is C[C@H]1CC[C@@]2(C)C(=CCC3[C@]2(C)CC[C@]2(C)C([C@H](C)CCC(=O)O)CC[C@@]32N)C1. The van der Waals surface area contributed by atoms with Gasteiger partial charge in [-0.15, -0.1) is 0 Å². The fraction of sp³-hybridized carbons (Fsp3) is 0.885. The Bertz CT molecular complexity index is 715. The Labute approximate surface area is 177 Å². The van der Waals surface area contributed by atoms with Crippen LogP contribution in [0.5, 0.6) is 0 Å². The van der Waals surface area contributed by atoms with E-state index in [1.165, 1.54) is 38.5 Å². The molecule has 0 radical (unpaired) electrons. The van der Waals surface area contributed by atoms with Gasteiger partial charge >= 0.3 is 5.97 Å². The van der Waals surface area contributed by atoms with E-state index in [2.05, 4.69) is 40.7 Å². The fourth-order valence-electron chi connectivity index (χ4n) is 8.81. The topological polar surface area (TPSA) is 63.3 Å². The van der Waals surface area contributed by atoms with Crippen LogP contribution in [-0.4, -0.2) is 16.6 Å². The first-order valence-electron chi connectivity index (χ1n) is 12.2. The molecule has 2 unspecified atom stereocenters. The molecule has 3 nitrogen and oxygen atoms in total. The molecule has 164 valence electrons. The molecular formula is C26H43NO2. The number of aliphatic carboxylic acids is 1. The molecule has 0 saturated heterocycles. The number of hydrogen-bond acceptors (Lipinski definition) is 2. The highest BCUT2D eigenvalue weighted by molar-refractivity contribution is 5.66. The van der Waals surface area contributed by atoms with E-state index in [4.69, 9.17) is 10.8 Å². The zero-order valence-corrected chi connectivity index (χ0v) is 19.4. The molecule has 0 spiro atoms. The average Bonchev–Trinajstić information content (AvgIpc) is 2.93. The van der Waals surface area contributed by atoms with E-state index in [0.29, 0.717) is 28.6 Å². The summed E-state index contributed by atoms with van der Waals surface area (Å²) in [5, 5.41) is 9.17. The lowest BCUT2D eigenvalue weighted by atomic mass is 9.38. The van der Waals surface area contributed by atoms with Crippen molar-refractivity contribution in [1.82, 2.24) is 0 Å². The lowest BCUT2D eigenvalue weighted by Gasteiger charge is -2.67. The number of carboxylic acid groups (broad SMARTS) is 1. The molecule has 3 saturated carbocycles. The molecule has 0 aromatic rings. The van der Waals surface area contributed by atoms with Crippen molar-refractivity contribution in [2.24, 2.45) is 45.7 Å². The molecule has 8 atom stereocenters. The predicted molar refractivity (Wildman–Crippen MR) is 118 cm³/mol. The van der Waals surface area contributed by atoms with E-state index in [-0.39, 0.29) is 17.4 Å². The summed E-state index contributed by atoms with van der Waals surface area (Å²) in [5.74, 6) is 1.70. The highest BCUT2D eigenvalue weighted by atomic mass is 16.4. The minimum Gasteiger partial charge on any atom is -0.481 e. The third-order valence-corrected chi connectivity index (χ3v) is 11.1. The van der Waals surface area contributed by atoms with Crippen molar-refractivity contribution in [1.29, 1.82) is 0 Å². The maximum atomic E-state index is 11.1. The zero-order chi connectivity index (χ0) is 21.2. The van der Waals surface area contributed by atoms with Gasteiger partial charge in [0.2, 0.25) is 0 Å². The van der Waals surface area contributed by atoms with Gasteiger partial charge in [-0.3, -0.25) is 4.79 Å². The van der Waals surface area contributed by atoms with Crippen LogP contribution >= 0.6 is 0 Å². The van der Waals surface area contributed by atoms with Gasteiger partial charge in [0.25, 0.3) is 0 Å². The molecule has 3 N–H and O–H groups in total. The second kappa shape index (κ2) is 6.84. The fourth-order valence-corrected chi connectivity index (χ4v) is 8.81. The molecule has 0 bridgehead atoms. The van der Waals surface area contributed by atoms with Crippen molar-refractivity contribution in [3.8, 4) is 0 Å². The molecule has 0 heterocycles. The normalized spacial score (nSPS) is 50.1. The number of carboxylic acids is 1. The summed E-state index contributed by atoms with van der Waals surface area (Å²) in [6.07, 6.45) is 13.5. The van der Waals surface area contributed by atoms with Crippen molar-refractivity contribution in [3.05, 3.63) is 11.6 Å². The Morgan fingerprint density at radius 2 is 1.86 bits per heavy atom. The summed E-state index contributed by atoms with van der Waals surface area (Å²) in [6.45, 7) is 12.3. The Kier molecular flexibility index (Phi) is 5.05. The van der Waals surface area contributed by atoms with Crippen LogP contribution < -0.4 is 5.73 Å². The Morgan fingerprint density at radius 3 is 2.55 bits per heavy atom. The largest absolute Gasteiger partial charge is 0.481 e. The van der Waals surface area contributed by atoms with E-state index < -0.39 is 5.97 Å². The summed E-state index contributed by atoms with van der Waals surface area (Å²) < 4.78 is 0. The molecule has 4 aliphatic carbocycles. The highest BCUT2D eigenvalue weighted by Crippen LogP contribution is 2.72. The molecule has 4 rings (SSSR count). The van der Waals surface area contributed by atoms with Gasteiger partial charge in [0.05, 0.1) is 0 Å². The number of rotatable bonds is 4. The minimum absolute atomic E-state index is 0.115. The molecular weight excluding hydrogens is 358 g/mol. The van der Waals surface area contributed by atoms with Gasteiger partial charge in [-0.05, 0) is 97.7 Å². The lowest BCUT2D eigenvalue weighted by Crippen LogP contribution is -2.68. The van der Waals surface area contributed by atoms with Crippen LogP contribution in [0.1, 0.15) is 98.8 Å². The van der Waals surface area contributed by atoms with E-state index >= 15 is 0 Å². The molecule has 0 aromatic carbocycles.